The lowest BCUT2D eigenvalue weighted by molar-refractivity contribution is -0.131. The number of carbonyl (C=O) groups is 4. The topological polar surface area (TPSA) is 178 Å². The van der Waals surface area contributed by atoms with Crippen LogP contribution in [0.3, 0.4) is 0 Å². The van der Waals surface area contributed by atoms with Gasteiger partial charge in [0.25, 0.3) is 0 Å². The first-order valence-electron chi connectivity index (χ1n) is 13.3. The summed E-state index contributed by atoms with van der Waals surface area (Å²) in [6.07, 6.45) is 1.21. The average Bonchev–Trinajstić information content (AvgIpc) is 2.93. The number of aldehydes is 1. The summed E-state index contributed by atoms with van der Waals surface area (Å²) in [6.45, 7) is 4.21. The molecule has 0 heterocycles. The molecule has 0 aromatic heterocycles. The van der Waals surface area contributed by atoms with Gasteiger partial charge in [0, 0.05) is 13.0 Å². The highest BCUT2D eigenvalue weighted by molar-refractivity contribution is 5.92. The Morgan fingerprint density at radius 1 is 0.875 bits per heavy atom. The van der Waals surface area contributed by atoms with Crippen LogP contribution in [0, 0.1) is 5.92 Å². The van der Waals surface area contributed by atoms with Gasteiger partial charge in [0.05, 0.1) is 6.04 Å². The highest BCUT2D eigenvalue weighted by atomic mass is 16.5. The average molecular weight is 553 g/mol. The van der Waals surface area contributed by atoms with E-state index in [0.29, 0.717) is 32.1 Å². The predicted octanol–water partition coefficient (Wildman–Crippen LogP) is 1.79. The molecule has 3 amide bonds. The standard InChI is InChI=1S/C29H40N6O5/c1-20(2)16-24(35-29(39)40-19-22-12-7-4-8-13-22)27(38)34-25(17-21-10-5-3-6-11-21)26(37)33-23(18-36)14-9-15-32-28(30)31/h3-8,10-13,18,20,23-25H,9,14-17,19H2,1-2H3,(H,33,37)(H,34,38)(H,35,39)(H4,30,31,32)/t23?,24-,25-/m0/s1. The molecule has 0 fully saturated rings. The van der Waals surface area contributed by atoms with Crippen molar-refractivity contribution in [1.29, 1.82) is 0 Å². The Kier molecular flexibility index (Phi) is 13.7. The quantitative estimate of drug-likeness (QED) is 0.0912. The Labute approximate surface area is 235 Å². The molecule has 0 bridgehead atoms. The van der Waals surface area contributed by atoms with E-state index in [2.05, 4.69) is 20.9 Å². The number of hydrogen-bond acceptors (Lipinski definition) is 6. The van der Waals surface area contributed by atoms with Gasteiger partial charge in [-0.25, -0.2) is 4.79 Å². The van der Waals surface area contributed by atoms with Gasteiger partial charge in [-0.1, -0.05) is 74.5 Å². The number of nitrogens with zero attached hydrogens (tertiary/aromatic N) is 1. The van der Waals surface area contributed by atoms with Crippen LogP contribution in [0.1, 0.15) is 44.2 Å². The fourth-order valence-electron chi connectivity index (χ4n) is 3.92. The Morgan fingerprint density at radius 3 is 2.05 bits per heavy atom. The van der Waals surface area contributed by atoms with Crippen LogP contribution < -0.4 is 27.4 Å². The number of ether oxygens (including phenoxy) is 1. The zero-order chi connectivity index (χ0) is 29.3. The van der Waals surface area contributed by atoms with E-state index in [9.17, 15) is 19.2 Å². The highest BCUT2D eigenvalue weighted by Gasteiger charge is 2.29. The molecule has 2 aromatic rings. The lowest BCUT2D eigenvalue weighted by Crippen LogP contribution is -2.56. The van der Waals surface area contributed by atoms with E-state index >= 15 is 0 Å². The van der Waals surface area contributed by atoms with Crippen molar-refractivity contribution in [1.82, 2.24) is 16.0 Å². The van der Waals surface area contributed by atoms with Crippen molar-refractivity contribution in [2.24, 2.45) is 22.4 Å². The number of nitrogens with one attached hydrogen (secondary N) is 3. The smallest absolute Gasteiger partial charge is 0.408 e. The van der Waals surface area contributed by atoms with Gasteiger partial charge < -0.3 is 36.9 Å². The zero-order valence-corrected chi connectivity index (χ0v) is 23.0. The van der Waals surface area contributed by atoms with Crippen molar-refractivity contribution in [3.8, 4) is 0 Å². The van der Waals surface area contributed by atoms with Crippen LogP contribution in [0.4, 0.5) is 4.79 Å². The second-order valence-corrected chi connectivity index (χ2v) is 9.84. The first-order valence-corrected chi connectivity index (χ1v) is 13.3. The normalized spacial score (nSPS) is 12.9. The van der Waals surface area contributed by atoms with E-state index in [-0.39, 0.29) is 24.9 Å². The molecule has 0 aliphatic carbocycles. The largest absolute Gasteiger partial charge is 0.445 e. The van der Waals surface area contributed by atoms with Gasteiger partial charge in [0.15, 0.2) is 5.96 Å². The molecule has 0 saturated carbocycles. The molecule has 0 spiro atoms. The van der Waals surface area contributed by atoms with Crippen LogP contribution in [-0.2, 0) is 32.1 Å². The van der Waals surface area contributed by atoms with Crippen LogP contribution >= 0.6 is 0 Å². The molecule has 216 valence electrons. The maximum atomic E-state index is 13.4. The maximum absolute atomic E-state index is 13.4. The summed E-state index contributed by atoms with van der Waals surface area (Å²) in [5.41, 5.74) is 12.3. The summed E-state index contributed by atoms with van der Waals surface area (Å²) in [7, 11) is 0. The number of guanidine groups is 1. The summed E-state index contributed by atoms with van der Waals surface area (Å²) in [5.74, 6) is -1.04. The van der Waals surface area contributed by atoms with E-state index in [1.807, 2.05) is 74.5 Å². The number of hydrogen-bond donors (Lipinski definition) is 5. The molecule has 0 aliphatic rings. The third-order valence-corrected chi connectivity index (χ3v) is 5.90. The molecule has 7 N–H and O–H groups in total. The number of benzene rings is 2. The minimum absolute atomic E-state index is 0.0502. The van der Waals surface area contributed by atoms with Crippen molar-refractivity contribution >= 4 is 30.2 Å². The summed E-state index contributed by atoms with van der Waals surface area (Å²) in [6, 6.07) is 15.7. The van der Waals surface area contributed by atoms with Crippen LogP contribution in [0.25, 0.3) is 0 Å². The Bertz CT molecular complexity index is 1110. The van der Waals surface area contributed by atoms with Gasteiger partial charge in [-0.05, 0) is 36.3 Å². The second-order valence-electron chi connectivity index (χ2n) is 9.84. The third kappa shape index (κ3) is 12.4. The van der Waals surface area contributed by atoms with Gasteiger partial charge in [-0.3, -0.25) is 14.6 Å². The van der Waals surface area contributed by atoms with Gasteiger partial charge in [-0.15, -0.1) is 0 Å². The second kappa shape index (κ2) is 17.2. The maximum Gasteiger partial charge on any atom is 0.408 e. The lowest BCUT2D eigenvalue weighted by atomic mass is 10.0. The first-order chi connectivity index (χ1) is 19.2. The minimum Gasteiger partial charge on any atom is -0.445 e. The number of carbonyl (C=O) groups excluding carboxylic acids is 4. The molecule has 2 aromatic carbocycles. The molecule has 2 rings (SSSR count). The van der Waals surface area contributed by atoms with Gasteiger partial charge >= 0.3 is 6.09 Å². The van der Waals surface area contributed by atoms with E-state index in [1.54, 1.807) is 0 Å². The predicted molar refractivity (Wildman–Crippen MR) is 153 cm³/mol. The SMILES string of the molecule is CC(C)C[C@H](NC(=O)OCc1ccccc1)C(=O)N[C@@H](Cc1ccccc1)C(=O)NC(C=O)CCCN=C(N)N. The van der Waals surface area contributed by atoms with E-state index in [1.165, 1.54) is 0 Å². The van der Waals surface area contributed by atoms with Crippen LogP contribution in [-0.4, -0.2) is 54.8 Å². The number of rotatable bonds is 16. The van der Waals surface area contributed by atoms with E-state index in [0.717, 1.165) is 11.1 Å². The highest BCUT2D eigenvalue weighted by Crippen LogP contribution is 2.09. The van der Waals surface area contributed by atoms with Crippen molar-refractivity contribution < 1.29 is 23.9 Å². The molecule has 0 aliphatic heterocycles. The summed E-state index contributed by atoms with van der Waals surface area (Å²) < 4.78 is 5.29. The molecule has 3 atom stereocenters. The summed E-state index contributed by atoms with van der Waals surface area (Å²) >= 11 is 0. The van der Waals surface area contributed by atoms with Gasteiger partial charge in [0.1, 0.15) is 25.0 Å². The van der Waals surface area contributed by atoms with Gasteiger partial charge in [-0.2, -0.15) is 0 Å². The van der Waals surface area contributed by atoms with Crippen LogP contribution in [0.5, 0.6) is 0 Å². The number of alkyl carbamates (subject to hydrolysis) is 1. The molecule has 11 heteroatoms. The van der Waals surface area contributed by atoms with Crippen LogP contribution in [0.2, 0.25) is 0 Å². The fourth-order valence-corrected chi connectivity index (χ4v) is 3.92. The van der Waals surface area contributed by atoms with E-state index < -0.39 is 36.0 Å². The Hall–Kier alpha value is -4.41. The Morgan fingerprint density at radius 2 is 1.48 bits per heavy atom. The lowest BCUT2D eigenvalue weighted by Gasteiger charge is -2.25. The summed E-state index contributed by atoms with van der Waals surface area (Å²) in [5, 5.41) is 8.09. The third-order valence-electron chi connectivity index (χ3n) is 5.90. The monoisotopic (exact) mass is 552 g/mol. The Balaban J connectivity index is 2.10. The molecule has 0 saturated heterocycles. The number of nitrogens with two attached hydrogens (primary N) is 2. The van der Waals surface area contributed by atoms with Crippen molar-refractivity contribution in [2.75, 3.05) is 6.54 Å². The van der Waals surface area contributed by atoms with Crippen LogP contribution in [0.15, 0.2) is 65.7 Å². The first kappa shape index (κ1) is 31.8. The molecule has 11 nitrogen and oxygen atoms in total. The molecule has 40 heavy (non-hydrogen) atoms. The fraction of sp³-hybridized carbons (Fsp3) is 0.414. The minimum atomic E-state index is -0.994. The number of aliphatic imine (C=N–C) groups is 1. The molecule has 1 unspecified atom stereocenters. The molecular weight excluding hydrogens is 512 g/mol. The van der Waals surface area contributed by atoms with Crippen molar-refractivity contribution in [2.45, 2.75) is 64.3 Å². The number of amides is 3. The molecule has 0 radical (unpaired) electrons. The van der Waals surface area contributed by atoms with Crippen molar-refractivity contribution in [3.05, 3.63) is 71.8 Å². The van der Waals surface area contributed by atoms with Crippen molar-refractivity contribution in [3.63, 3.8) is 0 Å². The molecular formula is C29H40N6O5. The zero-order valence-electron chi connectivity index (χ0n) is 23.0. The van der Waals surface area contributed by atoms with Gasteiger partial charge in [0.2, 0.25) is 11.8 Å². The van der Waals surface area contributed by atoms with E-state index in [4.69, 9.17) is 16.2 Å². The summed E-state index contributed by atoms with van der Waals surface area (Å²) in [4.78, 5) is 54.6.